The van der Waals surface area contributed by atoms with E-state index in [1.807, 2.05) is 74.7 Å². The van der Waals surface area contributed by atoms with Gasteiger partial charge in [-0.1, -0.05) is 30.3 Å². The summed E-state index contributed by atoms with van der Waals surface area (Å²) in [7, 11) is -2.82. The van der Waals surface area contributed by atoms with E-state index in [0.717, 1.165) is 22.6 Å². The number of nitrogens with zero attached hydrogens (tertiary/aromatic N) is 5. The number of aromatic nitrogens is 3. The molecule has 0 radical (unpaired) electrons. The number of β-lactam (4-membered cyclic amide) rings is 1. The summed E-state index contributed by atoms with van der Waals surface area (Å²) in [6.07, 6.45) is 2.90. The summed E-state index contributed by atoms with van der Waals surface area (Å²) in [6.45, 7) is 6.98. The first-order chi connectivity index (χ1) is 19.1. The number of carbonyl (C=O) groups excluding carboxylic acids is 2. The van der Waals surface area contributed by atoms with Gasteiger partial charge in [-0.2, -0.15) is 0 Å². The fourth-order valence-corrected chi connectivity index (χ4v) is 9.39. The van der Waals surface area contributed by atoms with Crippen LogP contribution < -0.4 is 9.80 Å². The van der Waals surface area contributed by atoms with Gasteiger partial charge in [0.1, 0.15) is 0 Å². The van der Waals surface area contributed by atoms with Crippen molar-refractivity contribution in [2.45, 2.75) is 63.1 Å². The van der Waals surface area contributed by atoms with Crippen LogP contribution in [0.3, 0.4) is 0 Å². The average molecular weight is 562 g/mol. The van der Waals surface area contributed by atoms with Crippen LogP contribution in [0, 0.1) is 5.92 Å². The number of hydrogen-bond donors (Lipinski definition) is 2. The summed E-state index contributed by atoms with van der Waals surface area (Å²) in [5, 5.41) is 17.5. The third-order valence-electron chi connectivity index (χ3n) is 8.65. The minimum absolute atomic E-state index is 0.00128. The highest BCUT2D eigenvalue weighted by atomic mass is 28.4. The zero-order valence-corrected chi connectivity index (χ0v) is 24.0. The molecule has 4 atom stereocenters. The third kappa shape index (κ3) is 4.19. The van der Waals surface area contributed by atoms with Gasteiger partial charge in [-0.05, 0) is 49.8 Å². The molecule has 2 N–H and O–H groups in total. The molecule has 4 heterocycles. The van der Waals surface area contributed by atoms with Gasteiger partial charge in [0.2, 0.25) is 5.91 Å². The summed E-state index contributed by atoms with van der Waals surface area (Å²) in [6, 6.07) is 15.3. The Morgan fingerprint density at radius 1 is 1.12 bits per heavy atom. The minimum Gasteiger partial charge on any atom is -0.432 e. The Bertz CT molecular complexity index is 1440. The number of anilines is 3. The number of aryl methyl sites for hydroxylation is 1. The monoisotopic (exact) mass is 561 g/mol. The van der Waals surface area contributed by atoms with E-state index in [0.29, 0.717) is 38.0 Å². The van der Waals surface area contributed by atoms with E-state index in [-0.39, 0.29) is 29.9 Å². The number of hydrogen-bond acceptors (Lipinski definition) is 7. The van der Waals surface area contributed by atoms with Gasteiger partial charge in [0.05, 0.1) is 17.5 Å². The maximum atomic E-state index is 14.6. The van der Waals surface area contributed by atoms with Crippen molar-refractivity contribution >= 4 is 37.2 Å². The van der Waals surface area contributed by atoms with E-state index in [9.17, 15) is 19.5 Å². The first-order valence-corrected chi connectivity index (χ1v) is 16.9. The quantitative estimate of drug-likeness (QED) is 0.320. The Morgan fingerprint density at radius 3 is 2.55 bits per heavy atom. The van der Waals surface area contributed by atoms with Crippen molar-refractivity contribution in [1.29, 1.82) is 0 Å². The van der Waals surface area contributed by atoms with Gasteiger partial charge in [0.15, 0.2) is 13.9 Å². The van der Waals surface area contributed by atoms with Crippen molar-refractivity contribution in [1.82, 2.24) is 15.0 Å². The zero-order valence-electron chi connectivity index (χ0n) is 23.0. The molecule has 2 amide bonds. The maximum Gasteiger partial charge on any atom is 0.268 e. The highest BCUT2D eigenvalue weighted by molar-refractivity contribution is 6.71. The molecule has 0 saturated carbocycles. The molecule has 0 unspecified atom stereocenters. The Balaban J connectivity index is 1.42. The first kappa shape index (κ1) is 26.8. The van der Waals surface area contributed by atoms with Gasteiger partial charge in [-0.15, -0.1) is 5.10 Å². The summed E-state index contributed by atoms with van der Waals surface area (Å²) in [4.78, 5) is 41.9. The Hall–Kier alpha value is -3.38. The molecule has 1 spiro atoms. The lowest BCUT2D eigenvalue weighted by atomic mass is 9.82. The number of rotatable bonds is 8. The molecule has 10 nitrogen and oxygen atoms in total. The molecule has 210 valence electrons. The molecule has 1 aromatic heterocycles. The molecule has 40 heavy (non-hydrogen) atoms. The molecular formula is C29H35N5O5Si. The Morgan fingerprint density at radius 2 is 1.90 bits per heavy atom. The van der Waals surface area contributed by atoms with Crippen LogP contribution in [-0.4, -0.2) is 64.3 Å². The van der Waals surface area contributed by atoms with E-state index in [2.05, 4.69) is 10.3 Å². The van der Waals surface area contributed by atoms with Gasteiger partial charge in [0, 0.05) is 67.1 Å². The van der Waals surface area contributed by atoms with Crippen LogP contribution in [0.4, 0.5) is 17.1 Å². The van der Waals surface area contributed by atoms with Gasteiger partial charge < -0.3 is 19.5 Å². The van der Waals surface area contributed by atoms with Crippen LogP contribution in [0.25, 0.3) is 0 Å². The Labute approximate surface area is 234 Å². The number of amides is 2. The number of aliphatic hydroxyl groups excluding tert-OH is 1. The largest absolute Gasteiger partial charge is 0.432 e. The van der Waals surface area contributed by atoms with Gasteiger partial charge in [0.25, 0.3) is 5.91 Å². The average Bonchev–Trinajstić information content (AvgIpc) is 3.56. The van der Waals surface area contributed by atoms with Crippen LogP contribution in [0.5, 0.6) is 0 Å². The lowest BCUT2D eigenvalue weighted by Crippen LogP contribution is -2.45. The Kier molecular flexibility index (Phi) is 6.65. The number of para-hydroxylation sites is 1. The van der Waals surface area contributed by atoms with Crippen LogP contribution in [0.15, 0.2) is 54.7 Å². The normalized spacial score (nSPS) is 26.1. The zero-order chi connectivity index (χ0) is 28.2. The van der Waals surface area contributed by atoms with E-state index in [4.69, 9.17) is 4.74 Å². The molecule has 11 heteroatoms. The molecule has 3 aliphatic heterocycles. The van der Waals surface area contributed by atoms with E-state index in [1.54, 1.807) is 14.5 Å². The first-order valence-electron chi connectivity index (χ1n) is 13.9. The van der Waals surface area contributed by atoms with Crippen LogP contribution in [0.2, 0.25) is 18.6 Å². The molecule has 0 bridgehead atoms. The second-order valence-corrected chi connectivity index (χ2v) is 15.5. The number of carbonyl (C=O) groups is 2. The SMILES string of the molecule is C[C@@H]1[C@@H]([Si](C)(C)O)[C@H](CCn2cc(CCO)nn2)O[C@@]12C(=O)N(c1ccccc1)c1ccc(N3CCC3=O)cc12. The number of fused-ring (bicyclic) bond motifs is 2. The number of aliphatic hydroxyl groups is 1. The van der Waals surface area contributed by atoms with Crippen molar-refractivity contribution in [2.75, 3.05) is 23.0 Å². The minimum atomic E-state index is -2.82. The van der Waals surface area contributed by atoms with Crippen molar-refractivity contribution in [3.63, 3.8) is 0 Å². The molecule has 2 fully saturated rings. The van der Waals surface area contributed by atoms with Crippen molar-refractivity contribution in [2.24, 2.45) is 5.92 Å². The molecule has 6 rings (SSSR count). The smallest absolute Gasteiger partial charge is 0.268 e. The standard InChI is InChI=1S/C29H35N5O5Si/c1-19-27(40(2,3)38)25(11-14-32-18-20(13-16-35)30-31-32)39-29(19)23-17-22(33-15-12-26(33)36)9-10-24(23)34(28(29)37)21-7-5-4-6-8-21/h4-10,17-19,25,27,35,38H,11-16H2,1-3H3/t19-,25+,27-,29+/m1/s1. The topological polar surface area (TPSA) is 121 Å². The molecule has 3 aliphatic rings. The van der Waals surface area contributed by atoms with Crippen molar-refractivity contribution < 1.29 is 24.2 Å². The van der Waals surface area contributed by atoms with Gasteiger partial charge in [-0.25, -0.2) is 0 Å². The number of benzene rings is 2. The summed E-state index contributed by atoms with van der Waals surface area (Å²) < 4.78 is 8.64. The second kappa shape index (κ2) is 9.91. The van der Waals surface area contributed by atoms with Gasteiger partial charge >= 0.3 is 0 Å². The fraction of sp³-hybridized carbons (Fsp3) is 0.448. The van der Waals surface area contributed by atoms with Crippen molar-refractivity contribution in [3.8, 4) is 0 Å². The summed E-state index contributed by atoms with van der Waals surface area (Å²) in [5.74, 6) is -0.427. The highest BCUT2D eigenvalue weighted by Gasteiger charge is 2.66. The predicted octanol–water partition coefficient (Wildman–Crippen LogP) is 3.12. The lowest BCUT2D eigenvalue weighted by molar-refractivity contribution is -0.145. The predicted molar refractivity (Wildman–Crippen MR) is 152 cm³/mol. The molecule has 3 aromatic rings. The summed E-state index contributed by atoms with van der Waals surface area (Å²) in [5.41, 5.74) is 2.15. The van der Waals surface area contributed by atoms with E-state index >= 15 is 0 Å². The van der Waals surface area contributed by atoms with Crippen molar-refractivity contribution in [3.05, 3.63) is 66.0 Å². The van der Waals surface area contributed by atoms with Gasteiger partial charge in [-0.3, -0.25) is 19.2 Å². The molecule has 0 aliphatic carbocycles. The van der Waals surface area contributed by atoms with Crippen LogP contribution in [-0.2, 0) is 32.9 Å². The highest BCUT2D eigenvalue weighted by Crippen LogP contribution is 2.61. The molecule has 2 aromatic carbocycles. The summed E-state index contributed by atoms with van der Waals surface area (Å²) >= 11 is 0. The lowest BCUT2D eigenvalue weighted by Gasteiger charge is -2.33. The molecule has 2 saturated heterocycles. The maximum absolute atomic E-state index is 14.6. The van der Waals surface area contributed by atoms with Crippen LogP contribution >= 0.6 is 0 Å². The number of ether oxygens (including phenoxy) is 1. The third-order valence-corrected chi connectivity index (χ3v) is 11.2. The fourth-order valence-electron chi connectivity index (χ4n) is 6.79. The second-order valence-electron chi connectivity index (χ2n) is 11.6. The van der Waals surface area contributed by atoms with E-state index < -0.39 is 20.0 Å². The molecular weight excluding hydrogens is 526 g/mol. The van der Waals surface area contributed by atoms with E-state index in [1.165, 1.54) is 0 Å². The van der Waals surface area contributed by atoms with Crippen LogP contribution in [0.1, 0.15) is 31.0 Å².